The highest BCUT2D eigenvalue weighted by Gasteiger charge is 2.32. The quantitative estimate of drug-likeness (QED) is 0.808. The topological polar surface area (TPSA) is 43.4 Å². The molecule has 0 saturated carbocycles. The zero-order valence-electron chi connectivity index (χ0n) is 7.57. The molecule has 5 heteroatoms. The molecule has 0 aromatic carbocycles. The van der Waals surface area contributed by atoms with Gasteiger partial charge in [0.2, 0.25) is 0 Å². The molecular formula is C9H11BrN2O2. The van der Waals surface area contributed by atoms with Crippen molar-refractivity contribution in [3.8, 4) is 5.75 Å². The van der Waals surface area contributed by atoms with Gasteiger partial charge in [0.15, 0.2) is 0 Å². The van der Waals surface area contributed by atoms with Crippen LogP contribution in [-0.2, 0) is 4.74 Å². The minimum atomic E-state index is -0.756. The number of nitrogens with zero attached hydrogens (tertiary/aromatic N) is 1. The zero-order chi connectivity index (χ0) is 9.86. The molecule has 4 nitrogen and oxygen atoms in total. The molecule has 1 unspecified atom stereocenters. The first kappa shape index (κ1) is 9.89. The summed E-state index contributed by atoms with van der Waals surface area (Å²) < 4.78 is 10.3. The van der Waals surface area contributed by atoms with Gasteiger partial charge in [-0.1, -0.05) is 0 Å². The minimum absolute atomic E-state index is 0.613. The van der Waals surface area contributed by atoms with E-state index in [9.17, 15) is 0 Å². The maximum absolute atomic E-state index is 5.61. The van der Waals surface area contributed by atoms with E-state index in [1.54, 1.807) is 12.4 Å². The van der Waals surface area contributed by atoms with Crippen LogP contribution in [0.3, 0.4) is 0 Å². The molecule has 2 rings (SSSR count). The summed E-state index contributed by atoms with van der Waals surface area (Å²) in [6.45, 7) is 2.09. The average Bonchev–Trinajstić information content (AvgIpc) is 2.19. The van der Waals surface area contributed by atoms with Crippen molar-refractivity contribution in [2.24, 2.45) is 0 Å². The van der Waals surface area contributed by atoms with Crippen LogP contribution in [0.15, 0.2) is 24.5 Å². The monoisotopic (exact) mass is 258 g/mol. The first-order chi connectivity index (χ1) is 6.79. The van der Waals surface area contributed by atoms with E-state index in [4.69, 9.17) is 9.47 Å². The molecule has 2 heterocycles. The minimum Gasteiger partial charge on any atom is -0.449 e. The van der Waals surface area contributed by atoms with Gasteiger partial charge in [-0.15, -0.1) is 0 Å². The van der Waals surface area contributed by atoms with Crippen LogP contribution in [0, 0.1) is 0 Å². The van der Waals surface area contributed by atoms with Crippen molar-refractivity contribution in [1.82, 2.24) is 10.3 Å². The van der Waals surface area contributed by atoms with Crippen molar-refractivity contribution in [1.29, 1.82) is 0 Å². The van der Waals surface area contributed by atoms with E-state index >= 15 is 0 Å². The number of hydrogen-bond acceptors (Lipinski definition) is 4. The zero-order valence-corrected chi connectivity index (χ0v) is 9.16. The van der Waals surface area contributed by atoms with Crippen LogP contribution < -0.4 is 10.1 Å². The SMILES string of the molecule is BrC1(Oc2cccnc2)CNCCO1. The van der Waals surface area contributed by atoms with E-state index in [1.807, 2.05) is 12.1 Å². The summed E-state index contributed by atoms with van der Waals surface area (Å²) >= 11 is 3.40. The third-order valence-electron chi connectivity index (χ3n) is 1.84. The number of pyridine rings is 1. The standard InChI is InChI=1S/C9H11BrN2O2/c10-9(7-12-4-5-13-9)14-8-2-1-3-11-6-8/h1-3,6,12H,4-5,7H2. The van der Waals surface area contributed by atoms with Crippen LogP contribution in [-0.4, -0.2) is 29.4 Å². The first-order valence-electron chi connectivity index (χ1n) is 4.41. The fourth-order valence-electron chi connectivity index (χ4n) is 1.21. The van der Waals surface area contributed by atoms with E-state index in [1.165, 1.54) is 0 Å². The molecule has 14 heavy (non-hydrogen) atoms. The van der Waals surface area contributed by atoms with Crippen LogP contribution in [0.5, 0.6) is 5.75 Å². The normalized spacial score (nSPS) is 27.2. The fourth-order valence-corrected chi connectivity index (χ4v) is 1.76. The number of alkyl halides is 1. The van der Waals surface area contributed by atoms with Gasteiger partial charge in [-0.3, -0.25) is 4.98 Å². The molecule has 0 spiro atoms. The maximum Gasteiger partial charge on any atom is 0.280 e. The highest BCUT2D eigenvalue weighted by Crippen LogP contribution is 2.25. The number of nitrogens with one attached hydrogen (secondary N) is 1. The lowest BCUT2D eigenvalue weighted by atomic mass is 10.4. The number of rotatable bonds is 2. The van der Waals surface area contributed by atoms with Crippen LogP contribution in [0.25, 0.3) is 0 Å². The summed E-state index contributed by atoms with van der Waals surface area (Å²) in [4.78, 5) is 3.96. The lowest BCUT2D eigenvalue weighted by Gasteiger charge is -2.32. The molecule has 1 atom stereocenters. The Hall–Kier alpha value is -0.650. The van der Waals surface area contributed by atoms with E-state index in [0.29, 0.717) is 18.9 Å². The molecule has 1 aliphatic heterocycles. The van der Waals surface area contributed by atoms with Gasteiger partial charge in [0.1, 0.15) is 5.75 Å². The Kier molecular flexibility index (Phi) is 3.00. The smallest absolute Gasteiger partial charge is 0.280 e. The van der Waals surface area contributed by atoms with Gasteiger partial charge in [-0.2, -0.15) is 0 Å². The fraction of sp³-hybridized carbons (Fsp3) is 0.444. The van der Waals surface area contributed by atoms with Gasteiger partial charge >= 0.3 is 0 Å². The Morgan fingerprint density at radius 1 is 1.64 bits per heavy atom. The van der Waals surface area contributed by atoms with E-state index in [-0.39, 0.29) is 0 Å². The van der Waals surface area contributed by atoms with Gasteiger partial charge in [-0.25, -0.2) is 0 Å². The Bertz CT molecular complexity index is 288. The summed E-state index contributed by atoms with van der Waals surface area (Å²) in [5, 5.41) is 3.18. The molecular weight excluding hydrogens is 248 g/mol. The number of hydrogen-bond donors (Lipinski definition) is 1. The van der Waals surface area contributed by atoms with Crippen molar-refractivity contribution in [2.75, 3.05) is 19.7 Å². The molecule has 1 aliphatic rings. The third-order valence-corrected chi connectivity index (χ3v) is 2.51. The molecule has 1 fully saturated rings. The second-order valence-electron chi connectivity index (χ2n) is 2.98. The molecule has 0 radical (unpaired) electrons. The second-order valence-corrected chi connectivity index (χ2v) is 4.18. The van der Waals surface area contributed by atoms with E-state index in [0.717, 1.165) is 6.54 Å². The second kappa shape index (κ2) is 4.25. The van der Waals surface area contributed by atoms with E-state index < -0.39 is 4.70 Å². The van der Waals surface area contributed by atoms with Crippen LogP contribution in [0.2, 0.25) is 0 Å². The van der Waals surface area contributed by atoms with Crippen molar-refractivity contribution in [2.45, 2.75) is 4.70 Å². The van der Waals surface area contributed by atoms with Crippen molar-refractivity contribution in [3.63, 3.8) is 0 Å². The van der Waals surface area contributed by atoms with Gasteiger partial charge in [0, 0.05) is 12.7 Å². The molecule has 1 N–H and O–H groups in total. The molecule has 0 bridgehead atoms. The number of aromatic nitrogens is 1. The highest BCUT2D eigenvalue weighted by atomic mass is 79.9. The number of morpholine rings is 1. The third kappa shape index (κ3) is 2.43. The Morgan fingerprint density at radius 3 is 3.21 bits per heavy atom. The lowest BCUT2D eigenvalue weighted by Crippen LogP contribution is -2.49. The van der Waals surface area contributed by atoms with Gasteiger partial charge in [0.05, 0.1) is 19.3 Å². The predicted octanol–water partition coefficient (Wildman–Crippen LogP) is 1.13. The molecule has 1 aromatic rings. The summed E-state index contributed by atoms with van der Waals surface area (Å²) in [7, 11) is 0. The molecule has 0 amide bonds. The predicted molar refractivity (Wildman–Crippen MR) is 55.3 cm³/mol. The van der Waals surface area contributed by atoms with Gasteiger partial charge in [-0.05, 0) is 28.1 Å². The Morgan fingerprint density at radius 2 is 2.57 bits per heavy atom. The highest BCUT2D eigenvalue weighted by molar-refractivity contribution is 9.10. The molecule has 1 saturated heterocycles. The van der Waals surface area contributed by atoms with Gasteiger partial charge < -0.3 is 14.8 Å². The lowest BCUT2D eigenvalue weighted by molar-refractivity contribution is -0.119. The van der Waals surface area contributed by atoms with Crippen LogP contribution >= 0.6 is 15.9 Å². The first-order valence-corrected chi connectivity index (χ1v) is 5.20. The van der Waals surface area contributed by atoms with Crippen molar-refractivity contribution >= 4 is 15.9 Å². The Labute approximate surface area is 90.7 Å². The molecule has 1 aromatic heterocycles. The number of ether oxygens (including phenoxy) is 2. The largest absolute Gasteiger partial charge is 0.449 e. The molecule has 76 valence electrons. The van der Waals surface area contributed by atoms with Gasteiger partial charge in [0.25, 0.3) is 4.70 Å². The van der Waals surface area contributed by atoms with E-state index in [2.05, 4.69) is 26.2 Å². The summed E-state index contributed by atoms with van der Waals surface area (Å²) in [5.74, 6) is 0.688. The van der Waals surface area contributed by atoms with Crippen molar-refractivity contribution in [3.05, 3.63) is 24.5 Å². The summed E-state index contributed by atoms with van der Waals surface area (Å²) in [6.07, 6.45) is 3.36. The summed E-state index contributed by atoms with van der Waals surface area (Å²) in [6, 6.07) is 3.66. The maximum atomic E-state index is 5.61. The Balaban J connectivity index is 2.02. The van der Waals surface area contributed by atoms with Crippen LogP contribution in [0.4, 0.5) is 0 Å². The molecule has 0 aliphatic carbocycles. The van der Waals surface area contributed by atoms with Crippen LogP contribution in [0.1, 0.15) is 0 Å². The summed E-state index contributed by atoms with van der Waals surface area (Å²) in [5.41, 5.74) is 0. The van der Waals surface area contributed by atoms with Crippen molar-refractivity contribution < 1.29 is 9.47 Å². The number of halogens is 1. The average molecular weight is 259 g/mol.